The Hall–Kier alpha value is -4.83. The number of allylic oxidation sites excluding steroid dienone is 24. The lowest BCUT2D eigenvalue weighted by Gasteiger charge is -2.25. The van der Waals surface area contributed by atoms with Gasteiger partial charge >= 0.3 is 17.9 Å². The normalized spacial score (nSPS) is 13.7. The average Bonchev–Trinajstić information content (AvgIpc) is 3.49. The van der Waals surface area contributed by atoms with E-state index >= 15 is 0 Å². The third-order valence-corrected chi connectivity index (χ3v) is 14.1. The van der Waals surface area contributed by atoms with Gasteiger partial charge in [0, 0.05) is 12.8 Å². The molecule has 0 saturated heterocycles. The lowest BCUT2D eigenvalue weighted by atomic mass is 10.0. The fourth-order valence-corrected chi connectivity index (χ4v) is 8.96. The summed E-state index contributed by atoms with van der Waals surface area (Å²) in [4.78, 5) is 37.6. The van der Waals surface area contributed by atoms with Crippen LogP contribution in [-0.2, 0) is 33.3 Å². The molecule has 0 rings (SSSR count). The Labute approximate surface area is 522 Å². The second kappa shape index (κ2) is 65.2. The van der Waals surface area contributed by atoms with Crippen LogP contribution in [0.4, 0.5) is 0 Å². The summed E-state index contributed by atoms with van der Waals surface area (Å²) in [5.41, 5.74) is 0. The smallest absolute Gasteiger partial charge is 0.361 e. The molecule has 0 heterocycles. The van der Waals surface area contributed by atoms with E-state index < -0.39 is 24.3 Å². The summed E-state index contributed by atoms with van der Waals surface area (Å²) in [6.45, 7) is 4.64. The van der Waals surface area contributed by atoms with Crippen LogP contribution >= 0.6 is 0 Å². The number of esters is 2. The summed E-state index contributed by atoms with van der Waals surface area (Å²) >= 11 is 0. The number of aliphatic carboxylic acids is 1. The minimum absolute atomic E-state index is 0.180. The van der Waals surface area contributed by atoms with Gasteiger partial charge in [0.1, 0.15) is 13.2 Å². The SMILES string of the molecule is CC/C=C\C/C=C\C/C=C\C/C=C\C/C=C\C/C=C\C/C=C\C/C=C\CCCCCCCCCCCCCCCCC(=O)OC(COC(=O)CCCCCCCCCC/C=C\C/C=C\C/C=C\C/C=C\CC)COC(OCC[N+](C)(C)C)C(=O)O. The lowest BCUT2D eigenvalue weighted by Crippen LogP contribution is -2.40. The largest absolute Gasteiger partial charge is 0.477 e. The predicted octanol–water partition coefficient (Wildman–Crippen LogP) is 21.1. The number of carboxylic acids is 1. The molecule has 0 spiro atoms. The molecule has 0 bridgehead atoms. The Morgan fingerprint density at radius 2 is 0.635 bits per heavy atom. The van der Waals surface area contributed by atoms with Gasteiger partial charge in [0.15, 0.2) is 6.10 Å². The van der Waals surface area contributed by atoms with Crippen molar-refractivity contribution in [1.29, 1.82) is 0 Å². The van der Waals surface area contributed by atoms with E-state index in [0.717, 1.165) is 128 Å². The fourth-order valence-electron chi connectivity index (χ4n) is 8.96. The number of ether oxygens (including phenoxy) is 4. The van der Waals surface area contributed by atoms with Crippen LogP contribution in [-0.4, -0.2) is 87.4 Å². The van der Waals surface area contributed by atoms with Crippen molar-refractivity contribution in [3.8, 4) is 0 Å². The van der Waals surface area contributed by atoms with Crippen molar-refractivity contribution < 1.29 is 42.9 Å². The standard InChI is InChI=1S/C76H125NO8/c1-6-8-10-12-14-16-18-20-22-24-26-28-29-30-31-32-33-34-35-36-37-38-39-40-41-42-43-44-45-47-49-51-53-55-57-59-61-63-65-67-74(79)85-72(71-84-76(75(80)81)82-69-68-77(3,4)5)70-83-73(78)66-64-62-60-58-56-54-52-50-48-46-27-25-23-21-19-17-15-13-11-9-7-2/h8-11,14-17,20-23,26-28,30-31,33-34,36-37,39-40,46,72,76H,6-7,12-13,18-19,24-25,29,32,35,38,41-45,47-71H2,1-5H3/p+1/b10-8-,11-9-,16-14-,17-15-,22-20-,23-21-,28-26-,31-30-,34-33-,37-36-,40-39-,46-27-. The molecular formula is C76H126NO8+. The maximum absolute atomic E-state index is 12.9. The zero-order valence-electron chi connectivity index (χ0n) is 55.0. The first-order valence-corrected chi connectivity index (χ1v) is 34.0. The van der Waals surface area contributed by atoms with E-state index in [9.17, 15) is 19.5 Å². The number of carbonyl (C=O) groups excluding carboxylic acids is 2. The van der Waals surface area contributed by atoms with Crippen LogP contribution < -0.4 is 0 Å². The second-order valence-electron chi connectivity index (χ2n) is 23.4. The topological polar surface area (TPSA) is 108 Å². The summed E-state index contributed by atoms with van der Waals surface area (Å²) in [5, 5.41) is 9.74. The molecule has 85 heavy (non-hydrogen) atoms. The summed E-state index contributed by atoms with van der Waals surface area (Å²) in [7, 11) is 5.97. The zero-order chi connectivity index (χ0) is 61.9. The quantitative estimate of drug-likeness (QED) is 0.0211. The summed E-state index contributed by atoms with van der Waals surface area (Å²) < 4.78 is 22.9. The molecule has 2 unspecified atom stereocenters. The van der Waals surface area contributed by atoms with Crippen molar-refractivity contribution in [1.82, 2.24) is 0 Å². The maximum Gasteiger partial charge on any atom is 0.361 e. The fraction of sp³-hybridized carbons (Fsp3) is 0.645. The molecule has 2 atom stereocenters. The molecule has 0 aromatic heterocycles. The Morgan fingerprint density at radius 1 is 0.353 bits per heavy atom. The first-order valence-electron chi connectivity index (χ1n) is 34.0. The minimum atomic E-state index is -1.52. The molecule has 1 N–H and O–H groups in total. The van der Waals surface area contributed by atoms with E-state index in [-0.39, 0.29) is 38.6 Å². The first-order chi connectivity index (χ1) is 41.6. The number of rotatable bonds is 61. The molecular weight excluding hydrogens is 1050 g/mol. The number of unbranched alkanes of at least 4 members (excludes halogenated alkanes) is 22. The summed E-state index contributed by atoms with van der Waals surface area (Å²) in [5.74, 6) is -2.02. The molecule has 0 aromatic carbocycles. The van der Waals surface area contributed by atoms with Gasteiger partial charge in [-0.3, -0.25) is 9.59 Å². The molecule has 0 amide bonds. The van der Waals surface area contributed by atoms with Crippen LogP contribution in [0.15, 0.2) is 146 Å². The predicted molar refractivity (Wildman–Crippen MR) is 364 cm³/mol. The highest BCUT2D eigenvalue weighted by molar-refractivity contribution is 5.71. The molecule has 0 aromatic rings. The molecule has 0 fully saturated rings. The number of nitrogens with zero attached hydrogens (tertiary/aromatic N) is 1. The Morgan fingerprint density at radius 3 is 0.941 bits per heavy atom. The minimum Gasteiger partial charge on any atom is -0.477 e. The number of hydrogen-bond donors (Lipinski definition) is 1. The first kappa shape index (κ1) is 80.2. The molecule has 0 radical (unpaired) electrons. The van der Waals surface area contributed by atoms with Gasteiger partial charge in [-0.2, -0.15) is 0 Å². The van der Waals surface area contributed by atoms with E-state index in [4.69, 9.17) is 18.9 Å². The van der Waals surface area contributed by atoms with Gasteiger partial charge < -0.3 is 28.5 Å². The van der Waals surface area contributed by atoms with Crippen molar-refractivity contribution >= 4 is 17.9 Å². The second-order valence-corrected chi connectivity index (χ2v) is 23.4. The number of hydrogen-bond acceptors (Lipinski definition) is 7. The monoisotopic (exact) mass is 1180 g/mol. The average molecular weight is 1180 g/mol. The maximum atomic E-state index is 12.9. The molecule has 482 valence electrons. The van der Waals surface area contributed by atoms with Gasteiger partial charge in [-0.25, -0.2) is 4.79 Å². The van der Waals surface area contributed by atoms with Crippen molar-refractivity contribution in [2.75, 3.05) is 47.5 Å². The van der Waals surface area contributed by atoms with Crippen LogP contribution in [0.5, 0.6) is 0 Å². The van der Waals surface area contributed by atoms with Crippen molar-refractivity contribution in [3.05, 3.63) is 146 Å². The molecule has 9 nitrogen and oxygen atoms in total. The van der Waals surface area contributed by atoms with Gasteiger partial charge in [0.25, 0.3) is 6.29 Å². The molecule has 0 saturated carbocycles. The number of carboxylic acid groups (broad SMARTS) is 1. The molecule has 0 aliphatic rings. The van der Waals surface area contributed by atoms with Gasteiger partial charge in [-0.1, -0.05) is 275 Å². The van der Waals surface area contributed by atoms with E-state index in [2.05, 4.69) is 160 Å². The van der Waals surface area contributed by atoms with E-state index in [1.807, 2.05) is 21.1 Å². The van der Waals surface area contributed by atoms with E-state index in [0.29, 0.717) is 17.4 Å². The van der Waals surface area contributed by atoms with Gasteiger partial charge in [0.2, 0.25) is 0 Å². The lowest BCUT2D eigenvalue weighted by molar-refractivity contribution is -0.870. The van der Waals surface area contributed by atoms with Crippen LogP contribution in [0.1, 0.15) is 258 Å². The van der Waals surface area contributed by atoms with E-state index in [1.54, 1.807) is 0 Å². The van der Waals surface area contributed by atoms with Gasteiger partial charge in [-0.15, -0.1) is 0 Å². The van der Waals surface area contributed by atoms with Crippen LogP contribution in [0, 0.1) is 0 Å². The van der Waals surface area contributed by atoms with Gasteiger partial charge in [-0.05, 0) is 116 Å². The zero-order valence-corrected chi connectivity index (χ0v) is 55.0. The third-order valence-electron chi connectivity index (χ3n) is 14.1. The van der Waals surface area contributed by atoms with Crippen molar-refractivity contribution in [2.24, 2.45) is 0 Å². The van der Waals surface area contributed by atoms with Gasteiger partial charge in [0.05, 0.1) is 34.4 Å². The van der Waals surface area contributed by atoms with Crippen molar-refractivity contribution in [3.63, 3.8) is 0 Å². The highest BCUT2D eigenvalue weighted by Gasteiger charge is 2.25. The highest BCUT2D eigenvalue weighted by Crippen LogP contribution is 2.16. The summed E-state index contributed by atoms with van der Waals surface area (Å²) in [6, 6.07) is 0. The van der Waals surface area contributed by atoms with Crippen LogP contribution in [0.3, 0.4) is 0 Å². The Kier molecular flexibility index (Phi) is 61.4. The molecule has 0 aliphatic heterocycles. The third kappa shape index (κ3) is 66.5. The van der Waals surface area contributed by atoms with Crippen LogP contribution in [0.25, 0.3) is 0 Å². The Bertz CT molecular complexity index is 1900. The number of likely N-dealkylation sites (N-methyl/N-ethyl adjacent to an activating group) is 1. The van der Waals surface area contributed by atoms with Crippen LogP contribution in [0.2, 0.25) is 0 Å². The Balaban J connectivity index is 4.13. The van der Waals surface area contributed by atoms with Crippen molar-refractivity contribution in [2.45, 2.75) is 270 Å². The number of carbonyl (C=O) groups is 3. The van der Waals surface area contributed by atoms with E-state index in [1.165, 1.54) is 96.3 Å². The molecule has 9 heteroatoms. The molecule has 0 aliphatic carbocycles. The highest BCUT2D eigenvalue weighted by atomic mass is 16.7. The number of quaternary nitrogens is 1. The summed E-state index contributed by atoms with van der Waals surface area (Å²) in [6.07, 6.45) is 92.3.